The minimum atomic E-state index is -2.61. The van der Waals surface area contributed by atoms with Gasteiger partial charge in [0, 0.05) is 37.4 Å². The second kappa shape index (κ2) is 9.84. The molecule has 1 saturated heterocycles. The summed E-state index contributed by atoms with van der Waals surface area (Å²) < 4.78 is 30.8. The van der Waals surface area contributed by atoms with Crippen molar-refractivity contribution in [3.8, 4) is 5.75 Å². The molecule has 0 atom stereocenters. The number of likely N-dealkylation sites (tertiary alicyclic amines) is 1. The standard InChI is InChI=1S/C20H23F2N3O2S/c1-27-17-7-3-2-5-14(17)13-25-11-8-15(9-12-25)24-18(26)16-6-4-10-23-19(16)28-20(21)22/h2-7,10,15,20H,8-9,11-13H2,1H3,(H,24,26). The van der Waals surface area contributed by atoms with Gasteiger partial charge in [0.15, 0.2) is 0 Å². The molecule has 1 aromatic heterocycles. The van der Waals surface area contributed by atoms with Gasteiger partial charge in [0.2, 0.25) is 0 Å². The Morgan fingerprint density at radius 2 is 2.04 bits per heavy atom. The summed E-state index contributed by atoms with van der Waals surface area (Å²) in [6.45, 7) is 2.48. The lowest BCUT2D eigenvalue weighted by molar-refractivity contribution is 0.0905. The molecule has 5 nitrogen and oxygen atoms in total. The van der Waals surface area contributed by atoms with E-state index in [0.717, 1.165) is 43.8 Å². The second-order valence-corrected chi connectivity index (χ2v) is 7.55. The first-order valence-corrected chi connectivity index (χ1v) is 9.99. The number of amides is 1. The first-order chi connectivity index (χ1) is 13.6. The zero-order valence-corrected chi connectivity index (χ0v) is 16.4. The average Bonchev–Trinajstić information content (AvgIpc) is 2.70. The Hall–Kier alpha value is -2.19. The molecular weight excluding hydrogens is 384 g/mol. The van der Waals surface area contributed by atoms with Gasteiger partial charge in [-0.15, -0.1) is 0 Å². The van der Waals surface area contributed by atoms with E-state index in [4.69, 9.17) is 4.74 Å². The number of aromatic nitrogens is 1. The molecule has 0 spiro atoms. The third kappa shape index (κ3) is 5.42. The Bertz CT molecular complexity index is 799. The van der Waals surface area contributed by atoms with Gasteiger partial charge in [-0.3, -0.25) is 9.69 Å². The number of hydrogen-bond donors (Lipinski definition) is 1. The van der Waals surface area contributed by atoms with Gasteiger partial charge in [0.25, 0.3) is 11.7 Å². The maximum absolute atomic E-state index is 12.7. The number of carbonyl (C=O) groups excluding carboxylic acids is 1. The van der Waals surface area contributed by atoms with E-state index < -0.39 is 5.76 Å². The van der Waals surface area contributed by atoms with Gasteiger partial charge in [0.1, 0.15) is 10.8 Å². The van der Waals surface area contributed by atoms with Crippen molar-refractivity contribution in [1.82, 2.24) is 15.2 Å². The molecule has 1 aliphatic rings. The Morgan fingerprint density at radius 3 is 2.75 bits per heavy atom. The molecule has 0 radical (unpaired) electrons. The minimum Gasteiger partial charge on any atom is -0.496 e. The SMILES string of the molecule is COc1ccccc1CN1CCC(NC(=O)c2cccnc2SC(F)F)CC1. The predicted molar refractivity (Wildman–Crippen MR) is 105 cm³/mol. The number of thioether (sulfide) groups is 1. The molecule has 1 amide bonds. The number of ether oxygens (including phenoxy) is 1. The topological polar surface area (TPSA) is 54.5 Å². The van der Waals surface area contributed by atoms with Crippen LogP contribution in [-0.2, 0) is 6.54 Å². The van der Waals surface area contributed by atoms with E-state index in [1.807, 2.05) is 18.2 Å². The summed E-state index contributed by atoms with van der Waals surface area (Å²) in [5, 5.41) is 3.03. The normalized spacial score (nSPS) is 15.6. The molecule has 1 fully saturated rings. The highest BCUT2D eigenvalue weighted by Crippen LogP contribution is 2.27. The predicted octanol–water partition coefficient (Wildman–Crippen LogP) is 3.80. The zero-order valence-electron chi connectivity index (χ0n) is 15.6. The molecule has 2 heterocycles. The molecule has 150 valence electrons. The summed E-state index contributed by atoms with van der Waals surface area (Å²) >= 11 is 0.295. The van der Waals surface area contributed by atoms with Crippen molar-refractivity contribution >= 4 is 17.7 Å². The van der Waals surface area contributed by atoms with E-state index in [1.54, 1.807) is 13.2 Å². The number of alkyl halides is 2. The first-order valence-electron chi connectivity index (χ1n) is 9.11. The van der Waals surface area contributed by atoms with Crippen LogP contribution in [-0.4, -0.2) is 47.8 Å². The van der Waals surface area contributed by atoms with Crippen LogP contribution in [0.3, 0.4) is 0 Å². The van der Waals surface area contributed by atoms with Crippen molar-refractivity contribution in [2.24, 2.45) is 0 Å². The average molecular weight is 407 g/mol. The van der Waals surface area contributed by atoms with Gasteiger partial charge < -0.3 is 10.1 Å². The summed E-state index contributed by atoms with van der Waals surface area (Å²) in [5.41, 5.74) is 1.33. The van der Waals surface area contributed by atoms with Gasteiger partial charge in [0.05, 0.1) is 12.7 Å². The fraction of sp³-hybridized carbons (Fsp3) is 0.400. The quantitative estimate of drug-likeness (QED) is 0.708. The fourth-order valence-corrected chi connectivity index (χ4v) is 3.89. The van der Waals surface area contributed by atoms with Crippen LogP contribution in [0.4, 0.5) is 8.78 Å². The van der Waals surface area contributed by atoms with E-state index in [0.29, 0.717) is 11.8 Å². The zero-order chi connectivity index (χ0) is 19.9. The van der Waals surface area contributed by atoms with E-state index in [9.17, 15) is 13.6 Å². The largest absolute Gasteiger partial charge is 0.496 e. The van der Waals surface area contributed by atoms with Crippen LogP contribution >= 0.6 is 11.8 Å². The van der Waals surface area contributed by atoms with Gasteiger partial charge >= 0.3 is 0 Å². The van der Waals surface area contributed by atoms with Gasteiger partial charge in [-0.05, 0) is 42.8 Å². The summed E-state index contributed by atoms with van der Waals surface area (Å²) in [4.78, 5) is 18.8. The van der Waals surface area contributed by atoms with Gasteiger partial charge in [-0.25, -0.2) is 4.98 Å². The molecule has 0 bridgehead atoms. The Morgan fingerprint density at radius 1 is 1.29 bits per heavy atom. The van der Waals surface area contributed by atoms with Crippen molar-refractivity contribution in [2.45, 2.75) is 36.2 Å². The minimum absolute atomic E-state index is 0.0195. The lowest BCUT2D eigenvalue weighted by atomic mass is 10.0. The number of hydrogen-bond acceptors (Lipinski definition) is 5. The summed E-state index contributed by atoms with van der Waals surface area (Å²) in [5.74, 6) is -2.09. The monoisotopic (exact) mass is 407 g/mol. The highest BCUT2D eigenvalue weighted by molar-refractivity contribution is 7.99. The lowest BCUT2D eigenvalue weighted by Crippen LogP contribution is -2.44. The molecule has 1 aliphatic heterocycles. The molecule has 0 aliphatic carbocycles. The van der Waals surface area contributed by atoms with Crippen LogP contribution in [0.15, 0.2) is 47.6 Å². The number of pyridine rings is 1. The van der Waals surface area contributed by atoms with Crippen molar-refractivity contribution < 1.29 is 18.3 Å². The number of para-hydroxylation sites is 1. The van der Waals surface area contributed by atoms with Crippen LogP contribution in [0.2, 0.25) is 0 Å². The summed E-state index contributed by atoms with van der Waals surface area (Å²) in [6.07, 6.45) is 3.02. The molecule has 1 aromatic carbocycles. The maximum Gasteiger partial charge on any atom is 0.290 e. The van der Waals surface area contributed by atoms with Gasteiger partial charge in [-0.1, -0.05) is 18.2 Å². The number of halogens is 2. The lowest BCUT2D eigenvalue weighted by Gasteiger charge is -2.32. The Balaban J connectivity index is 1.54. The molecule has 8 heteroatoms. The number of nitrogens with zero attached hydrogens (tertiary/aromatic N) is 2. The summed E-state index contributed by atoms with van der Waals surface area (Å²) in [7, 11) is 1.67. The highest BCUT2D eigenvalue weighted by Gasteiger charge is 2.23. The van der Waals surface area contributed by atoms with Crippen LogP contribution in [0.25, 0.3) is 0 Å². The highest BCUT2D eigenvalue weighted by atomic mass is 32.2. The Kier molecular flexibility index (Phi) is 7.22. The number of piperidine rings is 1. The second-order valence-electron chi connectivity index (χ2n) is 6.57. The van der Waals surface area contributed by atoms with Crippen LogP contribution < -0.4 is 10.1 Å². The maximum atomic E-state index is 12.7. The third-order valence-corrected chi connectivity index (χ3v) is 5.45. The molecule has 2 aromatic rings. The smallest absolute Gasteiger partial charge is 0.290 e. The number of rotatable bonds is 7. The number of nitrogens with one attached hydrogen (secondary N) is 1. The number of carbonyl (C=O) groups is 1. The molecule has 0 unspecified atom stereocenters. The van der Waals surface area contributed by atoms with E-state index in [2.05, 4.69) is 21.3 Å². The van der Waals surface area contributed by atoms with Crippen LogP contribution in [0.5, 0.6) is 5.75 Å². The molecule has 3 rings (SSSR count). The van der Waals surface area contributed by atoms with Crippen LogP contribution in [0.1, 0.15) is 28.8 Å². The molecular formula is C20H23F2N3O2S. The van der Waals surface area contributed by atoms with E-state index >= 15 is 0 Å². The van der Waals surface area contributed by atoms with E-state index in [1.165, 1.54) is 12.3 Å². The summed E-state index contributed by atoms with van der Waals surface area (Å²) in [6, 6.07) is 11.1. The third-order valence-electron chi connectivity index (χ3n) is 4.73. The number of methoxy groups -OCH3 is 1. The molecule has 1 N–H and O–H groups in total. The van der Waals surface area contributed by atoms with Crippen molar-refractivity contribution in [3.05, 3.63) is 53.7 Å². The van der Waals surface area contributed by atoms with Gasteiger partial charge in [-0.2, -0.15) is 8.78 Å². The Labute approximate surface area is 167 Å². The first kappa shape index (κ1) is 20.5. The molecule has 28 heavy (non-hydrogen) atoms. The van der Waals surface area contributed by atoms with Crippen LogP contribution in [0, 0.1) is 0 Å². The van der Waals surface area contributed by atoms with Crippen molar-refractivity contribution in [2.75, 3.05) is 20.2 Å². The van der Waals surface area contributed by atoms with Crippen molar-refractivity contribution in [1.29, 1.82) is 0 Å². The van der Waals surface area contributed by atoms with E-state index in [-0.39, 0.29) is 22.5 Å². The fourth-order valence-electron chi connectivity index (χ4n) is 3.31. The molecule has 0 saturated carbocycles. The van der Waals surface area contributed by atoms with Crippen molar-refractivity contribution in [3.63, 3.8) is 0 Å². The number of benzene rings is 1.